The first-order valence-corrected chi connectivity index (χ1v) is 16.2. The minimum Gasteiger partial charge on any atom is -0.463 e. The van der Waals surface area contributed by atoms with Crippen LogP contribution in [0.1, 0.15) is 43.9 Å². The molecule has 0 saturated heterocycles. The van der Waals surface area contributed by atoms with E-state index in [0.29, 0.717) is 28.6 Å². The van der Waals surface area contributed by atoms with Crippen molar-refractivity contribution in [2.75, 3.05) is 4.90 Å². The van der Waals surface area contributed by atoms with Crippen LogP contribution in [0, 0.1) is 41.7 Å². The maximum atomic E-state index is 9.35. The van der Waals surface area contributed by atoms with Gasteiger partial charge < -0.3 is 14.4 Å². The number of hydrogen-bond donors (Lipinski definition) is 0. The monoisotopic (exact) mass is 653 g/mol. The topological polar surface area (TPSA) is 78.0 Å². The molecule has 50 heavy (non-hydrogen) atoms. The van der Waals surface area contributed by atoms with Crippen LogP contribution < -0.4 is 4.90 Å². The predicted octanol–water partition coefficient (Wildman–Crippen LogP) is 10.9. The molecule has 5 rings (SSSR count). The lowest BCUT2D eigenvalue weighted by atomic mass is 9.97. The Morgan fingerprint density at radius 2 is 1.34 bits per heavy atom. The minimum atomic E-state index is -0.783. The first kappa shape index (κ1) is 34.5. The fourth-order valence-corrected chi connectivity index (χ4v) is 5.64. The molecular formula is C43H35N5O2. The van der Waals surface area contributed by atoms with Crippen molar-refractivity contribution in [2.24, 2.45) is 5.92 Å². The van der Waals surface area contributed by atoms with Gasteiger partial charge in [0.25, 0.3) is 5.70 Å². The molecule has 0 aromatic heterocycles. The molecule has 0 N–H and O–H groups in total. The summed E-state index contributed by atoms with van der Waals surface area (Å²) in [6, 6.07) is 28.3. The van der Waals surface area contributed by atoms with Crippen molar-refractivity contribution in [3.63, 3.8) is 0 Å². The molecule has 2 atom stereocenters. The Labute approximate surface area is 294 Å². The van der Waals surface area contributed by atoms with Crippen LogP contribution in [0.3, 0.4) is 0 Å². The highest BCUT2D eigenvalue weighted by Gasteiger charge is 2.26. The van der Waals surface area contributed by atoms with Gasteiger partial charge in [-0.3, -0.25) is 4.85 Å². The molecule has 2 heterocycles. The van der Waals surface area contributed by atoms with Gasteiger partial charge in [0.05, 0.1) is 24.3 Å². The van der Waals surface area contributed by atoms with E-state index >= 15 is 0 Å². The molecule has 0 saturated carbocycles. The standard InChI is InChI=1S/C43H35N5O2/c1-6-7-32-8-16-37(17-9-32)48(38-18-10-33(11-19-38)14-22-40-26-35(24-30(2)49-40)42(28-44)46-4)39-20-12-34(13-21-39)15-23-41-27-36(25-31(3)50-41)43(29-45)47-5/h8-27,35,42H,6-7H2,1-3H3/b22-14+,23-15+,43-36-. The zero-order chi connectivity index (χ0) is 35.5. The third-order valence-corrected chi connectivity index (χ3v) is 8.04. The van der Waals surface area contributed by atoms with E-state index in [1.165, 1.54) is 5.56 Å². The van der Waals surface area contributed by atoms with Crippen LogP contribution in [0.2, 0.25) is 0 Å². The molecule has 2 aliphatic heterocycles. The Morgan fingerprint density at radius 3 is 1.86 bits per heavy atom. The second-order valence-corrected chi connectivity index (χ2v) is 11.8. The molecule has 0 bridgehead atoms. The Hall–Kier alpha value is -6.80. The summed E-state index contributed by atoms with van der Waals surface area (Å²) in [5, 5.41) is 18.6. The molecule has 0 fully saturated rings. The van der Waals surface area contributed by atoms with Crippen molar-refractivity contribution in [3.05, 3.63) is 183 Å². The van der Waals surface area contributed by atoms with Gasteiger partial charge in [-0.1, -0.05) is 61.9 Å². The van der Waals surface area contributed by atoms with Crippen molar-refractivity contribution in [1.82, 2.24) is 0 Å². The van der Waals surface area contributed by atoms with E-state index in [-0.39, 0.29) is 11.6 Å². The average Bonchev–Trinajstić information content (AvgIpc) is 3.12. The van der Waals surface area contributed by atoms with E-state index < -0.39 is 6.04 Å². The average molecular weight is 654 g/mol. The lowest BCUT2D eigenvalue weighted by Gasteiger charge is -2.26. The van der Waals surface area contributed by atoms with E-state index in [4.69, 9.17) is 22.6 Å². The van der Waals surface area contributed by atoms with Crippen molar-refractivity contribution >= 4 is 29.2 Å². The highest BCUT2D eigenvalue weighted by molar-refractivity contribution is 5.78. The van der Waals surface area contributed by atoms with Gasteiger partial charge in [0.15, 0.2) is 6.07 Å². The van der Waals surface area contributed by atoms with Gasteiger partial charge >= 0.3 is 6.04 Å². The third kappa shape index (κ3) is 8.56. The summed E-state index contributed by atoms with van der Waals surface area (Å²) in [5.41, 5.74) is 6.81. The quantitative estimate of drug-likeness (QED) is 0.161. The molecule has 2 aliphatic rings. The summed E-state index contributed by atoms with van der Waals surface area (Å²) in [5.74, 6) is 2.13. The number of allylic oxidation sites excluding steroid dienone is 8. The number of anilines is 3. The molecule has 0 spiro atoms. The van der Waals surface area contributed by atoms with Gasteiger partial charge in [0.2, 0.25) is 0 Å². The van der Waals surface area contributed by atoms with Crippen LogP contribution in [0.25, 0.3) is 21.8 Å². The van der Waals surface area contributed by atoms with Crippen LogP contribution in [-0.2, 0) is 15.9 Å². The van der Waals surface area contributed by atoms with Crippen LogP contribution in [0.4, 0.5) is 17.1 Å². The highest BCUT2D eigenvalue weighted by Crippen LogP contribution is 2.35. The summed E-state index contributed by atoms with van der Waals surface area (Å²) in [7, 11) is 0. The molecular weight excluding hydrogens is 619 g/mol. The number of aryl methyl sites for hydroxylation is 1. The molecule has 0 aliphatic carbocycles. The molecule has 2 unspecified atom stereocenters. The maximum Gasteiger partial charge on any atom is 0.316 e. The predicted molar refractivity (Wildman–Crippen MR) is 198 cm³/mol. The van der Waals surface area contributed by atoms with Crippen molar-refractivity contribution in [1.29, 1.82) is 10.5 Å². The second kappa shape index (κ2) is 16.3. The molecule has 3 aromatic rings. The van der Waals surface area contributed by atoms with Crippen molar-refractivity contribution in [2.45, 2.75) is 39.7 Å². The zero-order valence-corrected chi connectivity index (χ0v) is 28.2. The number of rotatable bonds is 10. The Bertz CT molecular complexity index is 2090. The summed E-state index contributed by atoms with van der Waals surface area (Å²) in [6.45, 7) is 20.4. The van der Waals surface area contributed by atoms with Gasteiger partial charge in [-0.05, 0) is 115 Å². The lowest BCUT2D eigenvalue weighted by molar-refractivity contribution is 0.304. The molecule has 3 aromatic carbocycles. The number of ether oxygens (including phenoxy) is 2. The normalized spacial score (nSPS) is 17.0. The lowest BCUT2D eigenvalue weighted by Crippen LogP contribution is -2.15. The number of nitriles is 2. The molecule has 0 amide bonds. The van der Waals surface area contributed by atoms with Crippen molar-refractivity contribution in [3.8, 4) is 12.1 Å². The summed E-state index contributed by atoms with van der Waals surface area (Å²) < 4.78 is 11.7. The van der Waals surface area contributed by atoms with Gasteiger partial charge in [-0.2, -0.15) is 5.26 Å². The summed E-state index contributed by atoms with van der Waals surface area (Å²) >= 11 is 0. The summed E-state index contributed by atoms with van der Waals surface area (Å²) in [6.07, 6.45) is 16.7. The fraction of sp³-hybridized carbons (Fsp3) is 0.163. The highest BCUT2D eigenvalue weighted by atomic mass is 16.5. The minimum absolute atomic E-state index is 0.0266. The second-order valence-electron chi connectivity index (χ2n) is 11.8. The molecule has 0 radical (unpaired) electrons. The molecule has 7 heteroatoms. The smallest absolute Gasteiger partial charge is 0.316 e. The third-order valence-electron chi connectivity index (χ3n) is 8.04. The van der Waals surface area contributed by atoms with Gasteiger partial charge in [0, 0.05) is 17.1 Å². The van der Waals surface area contributed by atoms with E-state index in [2.05, 4.69) is 76.1 Å². The van der Waals surface area contributed by atoms with Crippen molar-refractivity contribution < 1.29 is 9.47 Å². The Balaban J connectivity index is 1.40. The van der Waals surface area contributed by atoms with E-state index in [1.807, 2.05) is 73.7 Å². The van der Waals surface area contributed by atoms with Crippen LogP contribution >= 0.6 is 0 Å². The number of hydrogen-bond acceptors (Lipinski definition) is 5. The van der Waals surface area contributed by atoms with Crippen LogP contribution in [-0.4, -0.2) is 6.04 Å². The Morgan fingerprint density at radius 1 is 0.780 bits per heavy atom. The molecule has 244 valence electrons. The Kier molecular flexibility index (Phi) is 11.3. The van der Waals surface area contributed by atoms with Gasteiger partial charge in [0.1, 0.15) is 17.3 Å². The van der Waals surface area contributed by atoms with E-state index in [9.17, 15) is 10.5 Å². The zero-order valence-electron chi connectivity index (χ0n) is 28.2. The largest absolute Gasteiger partial charge is 0.463 e. The van der Waals surface area contributed by atoms with E-state index in [1.54, 1.807) is 19.1 Å². The first-order valence-electron chi connectivity index (χ1n) is 16.2. The number of nitrogens with zero attached hydrogens (tertiary/aromatic N) is 5. The maximum absolute atomic E-state index is 9.35. The fourth-order valence-electron chi connectivity index (χ4n) is 5.64. The van der Waals surface area contributed by atoms with Gasteiger partial charge in [-0.15, -0.1) is 0 Å². The molecule has 7 nitrogen and oxygen atoms in total. The van der Waals surface area contributed by atoms with Gasteiger partial charge in [-0.25, -0.2) is 16.7 Å². The van der Waals surface area contributed by atoms with Crippen LogP contribution in [0.15, 0.2) is 144 Å². The summed E-state index contributed by atoms with van der Waals surface area (Å²) in [4.78, 5) is 8.97. The SMILES string of the molecule is [C-]#[N+]/C(C#N)=C1/C=C(C)OC(/C=C/c2ccc(N(c3ccc(/C=C/C4=CC(C(C#N)[N+]#[C-])C=C(C)O4)cc3)c3ccc(CCC)cc3)cc2)=C1. The first-order chi connectivity index (χ1) is 24.3. The van der Waals surface area contributed by atoms with Crippen LogP contribution in [0.5, 0.6) is 0 Å². The number of benzene rings is 3. The van der Waals surface area contributed by atoms with E-state index in [0.717, 1.165) is 41.0 Å².